The first-order valence-corrected chi connectivity index (χ1v) is 11.7. The lowest BCUT2D eigenvalue weighted by Gasteiger charge is -2.24. The molecule has 7 heteroatoms. The minimum atomic E-state index is -0.722. The zero-order valence-electron chi connectivity index (χ0n) is 16.8. The maximum Gasteiger partial charge on any atom is 0.342 e. The van der Waals surface area contributed by atoms with E-state index in [-0.39, 0.29) is 13.6 Å². The summed E-state index contributed by atoms with van der Waals surface area (Å²) in [6, 6.07) is 3.44. The summed E-state index contributed by atoms with van der Waals surface area (Å²) in [5.41, 5.74) is 1.12. The van der Waals surface area contributed by atoms with E-state index in [0.717, 1.165) is 11.3 Å². The molecule has 1 rings (SSSR count). The second-order valence-electron chi connectivity index (χ2n) is 6.55. The molecule has 0 saturated heterocycles. The Morgan fingerprint density at radius 1 is 1.00 bits per heavy atom. The molecule has 0 spiro atoms. The number of ether oxygens (including phenoxy) is 5. The Balaban J connectivity index is 2.93. The van der Waals surface area contributed by atoms with Gasteiger partial charge in [-0.3, -0.25) is 0 Å². The van der Waals surface area contributed by atoms with Crippen LogP contribution in [0, 0.1) is 6.92 Å². The van der Waals surface area contributed by atoms with E-state index in [1.165, 1.54) is 0 Å². The maximum atomic E-state index is 12.6. The van der Waals surface area contributed by atoms with Gasteiger partial charge in [-0.05, 0) is 51.2 Å². The third-order valence-electron chi connectivity index (χ3n) is 3.42. The van der Waals surface area contributed by atoms with Gasteiger partial charge in [0.2, 0.25) is 0 Å². The summed E-state index contributed by atoms with van der Waals surface area (Å²) in [5.74, 6) is 1.42. The molecule has 6 nitrogen and oxygen atoms in total. The number of hydrogen-bond acceptors (Lipinski definition) is 6. The molecule has 150 valence electrons. The topological polar surface area (TPSA) is 63.2 Å². The quantitative estimate of drug-likeness (QED) is 0.310. The Morgan fingerprint density at radius 3 is 2.19 bits per heavy atom. The summed E-state index contributed by atoms with van der Waals surface area (Å²) in [4.78, 5) is 12.6. The van der Waals surface area contributed by atoms with Crippen molar-refractivity contribution in [1.29, 1.82) is 0 Å². The Kier molecular flexibility index (Phi) is 9.83. The second-order valence-corrected chi connectivity index (χ2v) is 11.1. The molecule has 0 heterocycles. The van der Waals surface area contributed by atoms with Gasteiger partial charge in [0.25, 0.3) is 0 Å². The van der Waals surface area contributed by atoms with Crippen LogP contribution in [0.5, 0.6) is 11.5 Å². The van der Waals surface area contributed by atoms with Crippen LogP contribution in [0.4, 0.5) is 0 Å². The Bertz CT molecular complexity index is 568. The monoisotopic (exact) mass is 388 g/mol. The Labute approximate surface area is 158 Å². The van der Waals surface area contributed by atoms with Gasteiger partial charge in [-0.1, -0.05) is 0 Å². The van der Waals surface area contributed by atoms with Gasteiger partial charge in [0.05, 0.1) is 6.61 Å². The number of rotatable bonds is 12. The van der Waals surface area contributed by atoms with Crippen LogP contribution in [-0.2, 0) is 14.2 Å². The molecule has 0 aliphatic carbocycles. The molecule has 0 radical (unpaired) electrons. The van der Waals surface area contributed by atoms with Crippen LogP contribution in [0.15, 0.2) is 12.1 Å². The fourth-order valence-corrected chi connectivity index (χ4v) is 2.60. The van der Waals surface area contributed by atoms with Crippen molar-refractivity contribution in [2.45, 2.75) is 20.8 Å². The maximum absolute atomic E-state index is 12.6. The third-order valence-corrected chi connectivity index (χ3v) is 4.81. The minimum absolute atomic E-state index is 0.0528. The molecule has 0 unspecified atom stereocenters. The zero-order valence-corrected chi connectivity index (χ0v) is 17.6. The van der Waals surface area contributed by atoms with Gasteiger partial charge in [-0.2, -0.15) is 0 Å². The lowest BCUT2D eigenvalue weighted by molar-refractivity contribution is 0.0171. The van der Waals surface area contributed by atoms with Gasteiger partial charge < -0.3 is 23.7 Å². The number of carbonyl (C=O) groups is 1. The van der Waals surface area contributed by atoms with Crippen LogP contribution in [0.1, 0.15) is 29.8 Å². The highest BCUT2D eigenvalue weighted by molar-refractivity contribution is 8.32. The standard InChI is InChI=1S/C19H32O6S/c1-7-21-13-24-16-11-15(3)18(17(12-16)25-14-22-8-2)19(20)23-9-10-26(4,5)6/h11-12H,7-10,13-14H2,1-6H3. The van der Waals surface area contributed by atoms with Crippen LogP contribution in [0.25, 0.3) is 0 Å². The van der Waals surface area contributed by atoms with Crippen molar-refractivity contribution in [2.75, 3.05) is 57.9 Å². The average molecular weight is 389 g/mol. The van der Waals surface area contributed by atoms with Crippen molar-refractivity contribution >= 4 is 16.0 Å². The average Bonchev–Trinajstić information content (AvgIpc) is 2.53. The number of aryl methyl sites for hydroxylation is 1. The van der Waals surface area contributed by atoms with Crippen molar-refractivity contribution in [3.8, 4) is 11.5 Å². The van der Waals surface area contributed by atoms with Crippen molar-refractivity contribution in [3.63, 3.8) is 0 Å². The van der Waals surface area contributed by atoms with Gasteiger partial charge in [0.1, 0.15) is 17.1 Å². The fraction of sp³-hybridized carbons (Fsp3) is 0.632. The van der Waals surface area contributed by atoms with Gasteiger partial charge >= 0.3 is 5.97 Å². The number of hydrogen-bond donors (Lipinski definition) is 0. The van der Waals surface area contributed by atoms with Crippen LogP contribution in [0.2, 0.25) is 0 Å². The van der Waals surface area contributed by atoms with Crippen LogP contribution in [0.3, 0.4) is 0 Å². The molecule has 0 N–H and O–H groups in total. The SMILES string of the molecule is CCOCOc1cc(C)c(C(=O)OCCS(C)(C)C)c(OCOCC)c1. The van der Waals surface area contributed by atoms with E-state index in [1.54, 1.807) is 12.1 Å². The lowest BCUT2D eigenvalue weighted by atomic mass is 10.1. The Hall–Kier alpha value is -1.44. The summed E-state index contributed by atoms with van der Waals surface area (Å²) >= 11 is 0. The smallest absolute Gasteiger partial charge is 0.342 e. The van der Waals surface area contributed by atoms with Crippen molar-refractivity contribution in [1.82, 2.24) is 0 Å². The predicted octanol–water partition coefficient (Wildman–Crippen LogP) is 3.59. The van der Waals surface area contributed by atoms with Gasteiger partial charge in [-0.15, -0.1) is 0 Å². The summed E-state index contributed by atoms with van der Waals surface area (Å²) in [7, 11) is -0.722. The molecular formula is C19H32O6S. The second kappa shape index (κ2) is 11.3. The normalized spacial score (nSPS) is 11.9. The highest BCUT2D eigenvalue weighted by atomic mass is 32.3. The van der Waals surface area contributed by atoms with E-state index in [2.05, 4.69) is 18.8 Å². The summed E-state index contributed by atoms with van der Waals surface area (Å²) < 4.78 is 27.1. The highest BCUT2D eigenvalue weighted by Crippen LogP contribution is 2.34. The molecule has 0 saturated carbocycles. The van der Waals surface area contributed by atoms with Gasteiger partial charge in [-0.25, -0.2) is 14.8 Å². The molecule has 1 aromatic carbocycles. The molecule has 0 aliphatic heterocycles. The molecule has 0 amide bonds. The van der Waals surface area contributed by atoms with E-state index >= 15 is 0 Å². The van der Waals surface area contributed by atoms with E-state index in [4.69, 9.17) is 23.7 Å². The first-order valence-electron chi connectivity index (χ1n) is 8.67. The first kappa shape index (κ1) is 22.6. The molecule has 0 aromatic heterocycles. The van der Waals surface area contributed by atoms with Crippen molar-refractivity contribution in [3.05, 3.63) is 23.3 Å². The van der Waals surface area contributed by atoms with Crippen molar-refractivity contribution < 1.29 is 28.5 Å². The van der Waals surface area contributed by atoms with Crippen LogP contribution >= 0.6 is 10.0 Å². The summed E-state index contributed by atoms with van der Waals surface area (Å²) in [5, 5.41) is 0. The van der Waals surface area contributed by atoms with Crippen molar-refractivity contribution in [2.24, 2.45) is 0 Å². The van der Waals surface area contributed by atoms with E-state index in [1.807, 2.05) is 20.8 Å². The summed E-state index contributed by atoms with van der Waals surface area (Å²) in [6.45, 7) is 7.26. The van der Waals surface area contributed by atoms with E-state index < -0.39 is 16.0 Å². The molecule has 0 bridgehead atoms. The molecule has 26 heavy (non-hydrogen) atoms. The highest BCUT2D eigenvalue weighted by Gasteiger charge is 2.20. The number of benzene rings is 1. The Morgan fingerprint density at radius 2 is 1.62 bits per heavy atom. The zero-order chi connectivity index (χ0) is 19.6. The number of carbonyl (C=O) groups excluding carboxylic acids is 1. The van der Waals surface area contributed by atoms with Crippen LogP contribution < -0.4 is 9.47 Å². The first-order chi connectivity index (χ1) is 12.3. The molecule has 1 aromatic rings. The van der Waals surface area contributed by atoms with Crippen LogP contribution in [-0.4, -0.2) is 63.9 Å². The third kappa shape index (κ3) is 8.29. The minimum Gasteiger partial charge on any atom is -0.467 e. The van der Waals surface area contributed by atoms with Gasteiger partial charge in [0.15, 0.2) is 13.6 Å². The predicted molar refractivity (Wildman–Crippen MR) is 106 cm³/mol. The molecule has 0 aliphatic rings. The molecule has 0 atom stereocenters. The molecular weight excluding hydrogens is 356 g/mol. The largest absolute Gasteiger partial charge is 0.467 e. The fourth-order valence-electron chi connectivity index (χ4n) is 2.02. The molecule has 0 fully saturated rings. The van der Waals surface area contributed by atoms with Gasteiger partial charge in [0, 0.05) is 25.0 Å². The summed E-state index contributed by atoms with van der Waals surface area (Å²) in [6.07, 6.45) is 6.56. The van der Waals surface area contributed by atoms with E-state index in [9.17, 15) is 4.79 Å². The number of esters is 1. The lowest BCUT2D eigenvalue weighted by Crippen LogP contribution is -2.15. The van der Waals surface area contributed by atoms with E-state index in [0.29, 0.717) is 36.9 Å².